The largest absolute Gasteiger partial charge is 0.352 e. The van der Waals surface area contributed by atoms with E-state index >= 15 is 0 Å². The zero-order chi connectivity index (χ0) is 11.0. The van der Waals surface area contributed by atoms with Gasteiger partial charge in [-0.3, -0.25) is 0 Å². The zero-order valence-electron chi connectivity index (χ0n) is 9.39. The van der Waals surface area contributed by atoms with Crippen molar-refractivity contribution in [2.75, 3.05) is 30.8 Å². The van der Waals surface area contributed by atoms with Gasteiger partial charge in [0.25, 0.3) is 0 Å². The summed E-state index contributed by atoms with van der Waals surface area (Å²) < 4.78 is 0. The highest BCUT2D eigenvalue weighted by Gasteiger charge is 2.38. The predicted octanol–water partition coefficient (Wildman–Crippen LogP) is 0.997. The summed E-state index contributed by atoms with van der Waals surface area (Å²) in [6.07, 6.45) is 5.02. The number of nitrogens with zero attached hydrogens (tertiary/aromatic N) is 3. The molecule has 2 aliphatic rings. The summed E-state index contributed by atoms with van der Waals surface area (Å²) >= 11 is 1.67. The van der Waals surface area contributed by atoms with Crippen LogP contribution < -0.4 is 10.2 Å². The molecule has 0 aromatic carbocycles. The fourth-order valence-corrected chi connectivity index (χ4v) is 3.11. The molecule has 16 heavy (non-hydrogen) atoms. The Labute approximate surface area is 99.8 Å². The summed E-state index contributed by atoms with van der Waals surface area (Å²) in [4.78, 5) is 11.1. The Kier molecular flexibility index (Phi) is 2.73. The first-order chi connectivity index (χ1) is 7.88. The third-order valence-electron chi connectivity index (χ3n) is 3.58. The molecule has 4 nitrogen and oxygen atoms in total. The summed E-state index contributed by atoms with van der Waals surface area (Å²) in [5.41, 5.74) is 0. The number of thioether (sulfide) groups is 1. The molecule has 2 atom stereocenters. The molecule has 0 amide bonds. The molecule has 0 aliphatic carbocycles. The molecule has 0 spiro atoms. The van der Waals surface area contributed by atoms with Crippen molar-refractivity contribution in [1.29, 1.82) is 0 Å². The van der Waals surface area contributed by atoms with Crippen LogP contribution in [0.25, 0.3) is 0 Å². The van der Waals surface area contributed by atoms with Gasteiger partial charge >= 0.3 is 0 Å². The van der Waals surface area contributed by atoms with Gasteiger partial charge in [0.15, 0.2) is 0 Å². The highest BCUT2D eigenvalue weighted by molar-refractivity contribution is 7.98. The standard InChI is InChI=1S/C11H16N4S/c1-16-11-4-10(13-7-14-11)15-3-2-8-5-12-6-9(8)15/h4,7-9,12H,2-3,5-6H2,1H3/t8-,9+/m0/s1. The minimum atomic E-state index is 0.643. The summed E-state index contributed by atoms with van der Waals surface area (Å²) in [5.74, 6) is 1.91. The number of anilines is 1. The summed E-state index contributed by atoms with van der Waals surface area (Å²) in [5, 5.41) is 4.52. The maximum atomic E-state index is 4.40. The van der Waals surface area contributed by atoms with Crippen molar-refractivity contribution in [3.63, 3.8) is 0 Å². The van der Waals surface area contributed by atoms with Crippen molar-refractivity contribution in [3.8, 4) is 0 Å². The SMILES string of the molecule is CSc1cc(N2CC[C@H]3CNC[C@H]32)ncn1. The lowest BCUT2D eigenvalue weighted by molar-refractivity contribution is 0.577. The van der Waals surface area contributed by atoms with E-state index in [1.54, 1.807) is 18.1 Å². The predicted molar refractivity (Wildman–Crippen MR) is 65.9 cm³/mol. The van der Waals surface area contributed by atoms with Crippen molar-refractivity contribution >= 4 is 17.6 Å². The molecular weight excluding hydrogens is 220 g/mol. The van der Waals surface area contributed by atoms with Crippen LogP contribution >= 0.6 is 11.8 Å². The van der Waals surface area contributed by atoms with Gasteiger partial charge in [0.1, 0.15) is 17.2 Å². The van der Waals surface area contributed by atoms with Crippen LogP contribution in [0.5, 0.6) is 0 Å². The van der Waals surface area contributed by atoms with Gasteiger partial charge in [0, 0.05) is 31.7 Å². The fourth-order valence-electron chi connectivity index (χ4n) is 2.73. The van der Waals surface area contributed by atoms with E-state index in [2.05, 4.69) is 32.5 Å². The van der Waals surface area contributed by atoms with Gasteiger partial charge < -0.3 is 10.2 Å². The summed E-state index contributed by atoms with van der Waals surface area (Å²) in [6.45, 7) is 3.41. The lowest BCUT2D eigenvalue weighted by Gasteiger charge is -2.24. The number of hydrogen-bond donors (Lipinski definition) is 1. The number of rotatable bonds is 2. The Morgan fingerprint density at radius 3 is 3.25 bits per heavy atom. The topological polar surface area (TPSA) is 41.0 Å². The molecule has 86 valence electrons. The third kappa shape index (κ3) is 1.68. The Morgan fingerprint density at radius 1 is 1.44 bits per heavy atom. The maximum absolute atomic E-state index is 4.40. The molecule has 3 heterocycles. The second kappa shape index (κ2) is 4.22. The first-order valence-electron chi connectivity index (χ1n) is 5.72. The van der Waals surface area contributed by atoms with Gasteiger partial charge in [-0.2, -0.15) is 0 Å². The van der Waals surface area contributed by atoms with Crippen LogP contribution in [-0.4, -0.2) is 41.9 Å². The average Bonchev–Trinajstić information content (AvgIpc) is 2.90. The minimum Gasteiger partial charge on any atom is -0.352 e. The Hall–Kier alpha value is -0.810. The lowest BCUT2D eigenvalue weighted by atomic mass is 10.1. The molecule has 3 rings (SSSR count). The molecule has 2 aliphatic heterocycles. The first kappa shape index (κ1) is 10.4. The van der Waals surface area contributed by atoms with E-state index in [-0.39, 0.29) is 0 Å². The Balaban J connectivity index is 1.86. The molecule has 5 heteroatoms. The van der Waals surface area contributed by atoms with E-state index in [9.17, 15) is 0 Å². The molecule has 0 saturated carbocycles. The van der Waals surface area contributed by atoms with Crippen LogP contribution in [0.1, 0.15) is 6.42 Å². The first-order valence-corrected chi connectivity index (χ1v) is 6.94. The van der Waals surface area contributed by atoms with Gasteiger partial charge in [-0.25, -0.2) is 9.97 Å². The number of aromatic nitrogens is 2. The van der Waals surface area contributed by atoms with Crippen LogP contribution in [0.4, 0.5) is 5.82 Å². The molecule has 1 aromatic rings. The van der Waals surface area contributed by atoms with Gasteiger partial charge in [-0.15, -0.1) is 11.8 Å². The zero-order valence-corrected chi connectivity index (χ0v) is 10.2. The Morgan fingerprint density at radius 2 is 2.38 bits per heavy atom. The minimum absolute atomic E-state index is 0.643. The fraction of sp³-hybridized carbons (Fsp3) is 0.636. The van der Waals surface area contributed by atoms with E-state index in [0.717, 1.165) is 29.9 Å². The van der Waals surface area contributed by atoms with Gasteiger partial charge in [-0.1, -0.05) is 0 Å². The Bertz CT molecular complexity index is 384. The summed E-state index contributed by atoms with van der Waals surface area (Å²) in [7, 11) is 0. The third-order valence-corrected chi connectivity index (χ3v) is 4.22. The van der Waals surface area contributed by atoms with Crippen LogP contribution in [0.3, 0.4) is 0 Å². The molecule has 1 N–H and O–H groups in total. The summed E-state index contributed by atoms with van der Waals surface area (Å²) in [6, 6.07) is 2.75. The second-order valence-corrected chi connectivity index (χ2v) is 5.21. The van der Waals surface area contributed by atoms with Crippen molar-refractivity contribution in [2.24, 2.45) is 5.92 Å². The monoisotopic (exact) mass is 236 g/mol. The van der Waals surface area contributed by atoms with E-state index in [1.165, 1.54) is 13.0 Å². The van der Waals surface area contributed by atoms with E-state index in [0.29, 0.717) is 6.04 Å². The highest BCUT2D eigenvalue weighted by Crippen LogP contribution is 2.31. The normalized spacial score (nSPS) is 28.4. The van der Waals surface area contributed by atoms with Crippen molar-refractivity contribution in [3.05, 3.63) is 12.4 Å². The van der Waals surface area contributed by atoms with Gasteiger partial charge in [-0.05, 0) is 18.6 Å². The molecule has 0 radical (unpaired) electrons. The number of nitrogens with one attached hydrogen (secondary N) is 1. The van der Waals surface area contributed by atoms with Crippen molar-refractivity contribution < 1.29 is 0 Å². The number of fused-ring (bicyclic) bond motifs is 1. The average molecular weight is 236 g/mol. The lowest BCUT2D eigenvalue weighted by Crippen LogP contribution is -2.34. The van der Waals surface area contributed by atoms with Crippen LogP contribution in [-0.2, 0) is 0 Å². The van der Waals surface area contributed by atoms with Crippen molar-refractivity contribution in [1.82, 2.24) is 15.3 Å². The molecular formula is C11H16N4S. The molecule has 1 aromatic heterocycles. The van der Waals surface area contributed by atoms with Crippen molar-refractivity contribution in [2.45, 2.75) is 17.5 Å². The van der Waals surface area contributed by atoms with E-state index in [1.807, 2.05) is 0 Å². The smallest absolute Gasteiger partial charge is 0.133 e. The maximum Gasteiger partial charge on any atom is 0.133 e. The second-order valence-electron chi connectivity index (χ2n) is 4.39. The highest BCUT2D eigenvalue weighted by atomic mass is 32.2. The van der Waals surface area contributed by atoms with E-state index < -0.39 is 0 Å². The quantitative estimate of drug-likeness (QED) is 0.613. The molecule has 0 unspecified atom stereocenters. The number of hydrogen-bond acceptors (Lipinski definition) is 5. The van der Waals surface area contributed by atoms with Gasteiger partial charge in [0.05, 0.1) is 0 Å². The van der Waals surface area contributed by atoms with E-state index in [4.69, 9.17) is 0 Å². The molecule has 2 saturated heterocycles. The van der Waals surface area contributed by atoms with Gasteiger partial charge in [0.2, 0.25) is 0 Å². The molecule has 0 bridgehead atoms. The molecule has 2 fully saturated rings. The van der Waals surface area contributed by atoms with Crippen LogP contribution in [0, 0.1) is 5.92 Å². The van der Waals surface area contributed by atoms with Crippen LogP contribution in [0.15, 0.2) is 17.4 Å². The van der Waals surface area contributed by atoms with Crippen LogP contribution in [0.2, 0.25) is 0 Å².